The van der Waals surface area contributed by atoms with E-state index in [2.05, 4.69) is 22.1 Å². The molecule has 1 fully saturated rings. The monoisotopic (exact) mass is 468 g/mol. The highest BCUT2D eigenvalue weighted by molar-refractivity contribution is 5.83. The molecule has 9 nitrogen and oxygen atoms in total. The van der Waals surface area contributed by atoms with Gasteiger partial charge in [-0.1, -0.05) is 30.3 Å². The second-order valence-corrected chi connectivity index (χ2v) is 8.06. The summed E-state index contributed by atoms with van der Waals surface area (Å²) in [6, 6.07) is 15.3. The maximum absolute atomic E-state index is 13.1. The van der Waals surface area contributed by atoms with Gasteiger partial charge in [0.2, 0.25) is 5.89 Å². The number of hydrogen-bond acceptors (Lipinski definition) is 7. The number of halogens is 1. The first kappa shape index (κ1) is 23.4. The van der Waals surface area contributed by atoms with E-state index >= 15 is 0 Å². The molecule has 4 rings (SSSR count). The van der Waals surface area contributed by atoms with Crippen molar-refractivity contribution in [3.05, 3.63) is 76.5 Å². The normalized spacial score (nSPS) is 15.2. The third-order valence-corrected chi connectivity index (χ3v) is 5.57. The molecule has 0 bridgehead atoms. The lowest BCUT2D eigenvalue weighted by atomic mass is 10.2. The van der Waals surface area contributed by atoms with Crippen molar-refractivity contribution in [3.63, 3.8) is 0 Å². The number of carbonyl (C=O) groups is 2. The summed E-state index contributed by atoms with van der Waals surface area (Å²) >= 11 is 0. The number of amides is 1. The van der Waals surface area contributed by atoms with Crippen LogP contribution in [-0.4, -0.2) is 63.7 Å². The fourth-order valence-corrected chi connectivity index (χ4v) is 3.75. The molecule has 1 aliphatic rings. The Morgan fingerprint density at radius 2 is 1.74 bits per heavy atom. The Morgan fingerprint density at radius 1 is 1.06 bits per heavy atom. The lowest BCUT2D eigenvalue weighted by Gasteiger charge is -2.35. The number of rotatable bonds is 7. The summed E-state index contributed by atoms with van der Waals surface area (Å²) in [5.74, 6) is -2.41. The molecule has 1 atom stereocenters. The van der Waals surface area contributed by atoms with Gasteiger partial charge in [0.1, 0.15) is 12.4 Å². The number of benzene rings is 2. The third-order valence-electron chi connectivity index (χ3n) is 5.57. The summed E-state index contributed by atoms with van der Waals surface area (Å²) < 4.78 is 24.2. The van der Waals surface area contributed by atoms with E-state index in [4.69, 9.17) is 9.15 Å². The van der Waals surface area contributed by atoms with Crippen LogP contribution in [0.2, 0.25) is 0 Å². The van der Waals surface area contributed by atoms with Crippen LogP contribution in [0, 0.1) is 5.82 Å². The Bertz CT molecular complexity index is 1180. The van der Waals surface area contributed by atoms with Gasteiger partial charge in [-0.2, -0.15) is 4.68 Å². The number of aromatic nitrogens is 2. The van der Waals surface area contributed by atoms with Crippen LogP contribution >= 0.6 is 0 Å². The summed E-state index contributed by atoms with van der Waals surface area (Å²) in [4.78, 5) is 41.0. The van der Waals surface area contributed by atoms with E-state index in [0.717, 1.165) is 24.3 Å². The van der Waals surface area contributed by atoms with Crippen LogP contribution in [0.3, 0.4) is 0 Å². The Labute approximate surface area is 195 Å². The summed E-state index contributed by atoms with van der Waals surface area (Å²) in [5.41, 5.74) is 1.61. The lowest BCUT2D eigenvalue weighted by molar-refractivity contribution is -0.160. The van der Waals surface area contributed by atoms with Crippen LogP contribution in [0.25, 0.3) is 11.5 Å². The zero-order valence-corrected chi connectivity index (χ0v) is 18.7. The third kappa shape index (κ3) is 5.76. The Balaban J connectivity index is 1.27. The van der Waals surface area contributed by atoms with Crippen LogP contribution in [0.1, 0.15) is 12.5 Å². The molecule has 1 unspecified atom stereocenters. The van der Waals surface area contributed by atoms with E-state index in [0.29, 0.717) is 18.7 Å². The number of ether oxygens (including phenoxy) is 1. The summed E-state index contributed by atoms with van der Waals surface area (Å²) in [6.07, 6.45) is -0.993. The molecule has 1 aromatic heterocycles. The SMILES string of the molecule is CC(OC(=O)Cn1nc(-c2ccc(F)cc2)oc1=O)C(=O)N1CCN(Cc2ccccc2)CC1. The van der Waals surface area contributed by atoms with Gasteiger partial charge in [0.25, 0.3) is 5.91 Å². The van der Waals surface area contributed by atoms with Gasteiger partial charge in [-0.25, -0.2) is 9.18 Å². The first-order valence-corrected chi connectivity index (χ1v) is 11.0. The predicted octanol–water partition coefficient (Wildman–Crippen LogP) is 1.92. The second kappa shape index (κ2) is 10.4. The smallest absolute Gasteiger partial charge is 0.437 e. The molecule has 0 spiro atoms. The van der Waals surface area contributed by atoms with Gasteiger partial charge in [-0.15, -0.1) is 5.10 Å². The van der Waals surface area contributed by atoms with Crippen LogP contribution in [-0.2, 0) is 27.4 Å². The molecule has 1 saturated heterocycles. The largest absolute Gasteiger partial charge is 0.451 e. The van der Waals surface area contributed by atoms with Crippen molar-refractivity contribution in [3.8, 4) is 11.5 Å². The average molecular weight is 468 g/mol. The fourth-order valence-electron chi connectivity index (χ4n) is 3.75. The van der Waals surface area contributed by atoms with Crippen molar-refractivity contribution < 1.29 is 23.1 Å². The highest BCUT2D eigenvalue weighted by Gasteiger charge is 2.27. The number of nitrogens with zero attached hydrogens (tertiary/aromatic N) is 4. The van der Waals surface area contributed by atoms with E-state index in [1.807, 2.05) is 18.2 Å². The zero-order valence-electron chi connectivity index (χ0n) is 18.7. The maximum atomic E-state index is 13.1. The van der Waals surface area contributed by atoms with Crippen LogP contribution in [0.5, 0.6) is 0 Å². The van der Waals surface area contributed by atoms with Crippen LogP contribution in [0.4, 0.5) is 4.39 Å². The number of piperazine rings is 1. The first-order chi connectivity index (χ1) is 16.4. The summed E-state index contributed by atoms with van der Waals surface area (Å²) in [5, 5.41) is 3.95. The molecule has 1 aliphatic heterocycles. The standard InChI is InChI=1S/C24H25FN4O5/c1-17(23(31)28-13-11-27(12-14-28)15-18-5-3-2-4-6-18)33-21(30)16-29-24(32)34-22(26-29)19-7-9-20(25)10-8-19/h2-10,17H,11-16H2,1H3. The van der Waals surface area contributed by atoms with Gasteiger partial charge in [0.15, 0.2) is 6.10 Å². The molecule has 0 N–H and O–H groups in total. The quantitative estimate of drug-likeness (QED) is 0.489. The average Bonchev–Trinajstić information content (AvgIpc) is 3.20. The minimum absolute atomic E-state index is 0.0460. The van der Waals surface area contributed by atoms with Crippen molar-refractivity contribution in [2.75, 3.05) is 26.2 Å². The van der Waals surface area contributed by atoms with Crippen LogP contribution < -0.4 is 5.76 Å². The van der Waals surface area contributed by atoms with E-state index in [-0.39, 0.29) is 11.8 Å². The van der Waals surface area contributed by atoms with E-state index in [1.54, 1.807) is 4.90 Å². The molecule has 178 valence electrons. The van der Waals surface area contributed by atoms with Gasteiger partial charge in [-0.05, 0) is 36.8 Å². The van der Waals surface area contributed by atoms with Gasteiger partial charge in [-0.3, -0.25) is 14.5 Å². The van der Waals surface area contributed by atoms with Crippen LogP contribution in [0.15, 0.2) is 63.8 Å². The molecular formula is C24H25FN4O5. The highest BCUT2D eigenvalue weighted by Crippen LogP contribution is 2.16. The summed E-state index contributed by atoms with van der Waals surface area (Å²) in [6.45, 7) is 4.34. The topological polar surface area (TPSA) is 97.9 Å². The van der Waals surface area contributed by atoms with Crippen molar-refractivity contribution in [1.29, 1.82) is 0 Å². The van der Waals surface area contributed by atoms with E-state index < -0.39 is 30.2 Å². The zero-order chi connectivity index (χ0) is 24.1. The van der Waals surface area contributed by atoms with Gasteiger partial charge < -0.3 is 14.1 Å². The van der Waals surface area contributed by atoms with E-state index in [1.165, 1.54) is 36.8 Å². The molecule has 2 aromatic carbocycles. The molecule has 34 heavy (non-hydrogen) atoms. The van der Waals surface area contributed by atoms with Crippen molar-refractivity contribution >= 4 is 11.9 Å². The van der Waals surface area contributed by atoms with Crippen molar-refractivity contribution in [2.24, 2.45) is 0 Å². The molecule has 0 radical (unpaired) electrons. The molecule has 0 saturated carbocycles. The number of esters is 1. The highest BCUT2D eigenvalue weighted by atomic mass is 19.1. The van der Waals surface area contributed by atoms with Crippen molar-refractivity contribution in [2.45, 2.75) is 26.1 Å². The Hall–Kier alpha value is -3.79. The maximum Gasteiger partial charge on any atom is 0.437 e. The van der Waals surface area contributed by atoms with Gasteiger partial charge >= 0.3 is 11.7 Å². The van der Waals surface area contributed by atoms with Gasteiger partial charge in [0, 0.05) is 38.3 Å². The second-order valence-electron chi connectivity index (χ2n) is 8.06. The summed E-state index contributed by atoms with van der Waals surface area (Å²) in [7, 11) is 0. The minimum atomic E-state index is -0.993. The molecule has 1 amide bonds. The predicted molar refractivity (Wildman–Crippen MR) is 120 cm³/mol. The van der Waals surface area contributed by atoms with Crippen molar-refractivity contribution in [1.82, 2.24) is 19.6 Å². The first-order valence-electron chi connectivity index (χ1n) is 11.0. The minimum Gasteiger partial charge on any atom is -0.451 e. The number of carbonyl (C=O) groups excluding carboxylic acids is 2. The van der Waals surface area contributed by atoms with Gasteiger partial charge in [0.05, 0.1) is 0 Å². The molecule has 0 aliphatic carbocycles. The fraction of sp³-hybridized carbons (Fsp3) is 0.333. The lowest BCUT2D eigenvalue weighted by Crippen LogP contribution is -2.51. The number of hydrogen-bond donors (Lipinski definition) is 0. The van der Waals surface area contributed by atoms with E-state index in [9.17, 15) is 18.8 Å². The molecule has 2 heterocycles. The Kier molecular flexibility index (Phi) is 7.17. The molecule has 10 heteroatoms. The molecule has 3 aromatic rings. The Morgan fingerprint density at radius 3 is 2.41 bits per heavy atom. The molecular weight excluding hydrogens is 443 g/mol.